The van der Waals surface area contributed by atoms with Crippen molar-refractivity contribution in [3.63, 3.8) is 0 Å². The molecule has 3 rings (SSSR count). The van der Waals surface area contributed by atoms with E-state index in [1.807, 2.05) is 0 Å². The Bertz CT molecular complexity index is 492. The highest BCUT2D eigenvalue weighted by atomic mass is 35.5. The van der Waals surface area contributed by atoms with Crippen LogP contribution in [0.3, 0.4) is 0 Å². The Balaban J connectivity index is 1.93. The van der Waals surface area contributed by atoms with Gasteiger partial charge in [-0.3, -0.25) is 5.10 Å². The van der Waals surface area contributed by atoms with Crippen LogP contribution in [0.25, 0.3) is 0 Å². The molecule has 0 fully saturated rings. The van der Waals surface area contributed by atoms with Crippen molar-refractivity contribution in [1.29, 1.82) is 0 Å². The summed E-state index contributed by atoms with van der Waals surface area (Å²) in [5.41, 5.74) is 2.75. The maximum absolute atomic E-state index is 5.67. The highest BCUT2D eigenvalue weighted by Crippen LogP contribution is 2.38. The summed E-state index contributed by atoms with van der Waals surface area (Å²) in [7, 11) is 0. The van der Waals surface area contributed by atoms with Gasteiger partial charge in [-0.15, -0.1) is 11.6 Å². The van der Waals surface area contributed by atoms with E-state index in [0.717, 1.165) is 18.1 Å². The molecule has 0 aliphatic heterocycles. The number of aromatic nitrogens is 3. The number of nitrogens with zero attached hydrogens (tertiary/aromatic N) is 2. The molecule has 1 atom stereocenters. The number of hydrogen-bond acceptors (Lipinski definition) is 2. The Morgan fingerprint density at radius 3 is 3.00 bits per heavy atom. The van der Waals surface area contributed by atoms with Crippen LogP contribution in [0.2, 0.25) is 0 Å². The minimum absolute atomic E-state index is 0.356. The minimum atomic E-state index is 0.356. The van der Waals surface area contributed by atoms with Crippen LogP contribution in [0, 0.1) is 0 Å². The first-order valence-corrected chi connectivity index (χ1v) is 5.47. The Morgan fingerprint density at radius 1 is 1.40 bits per heavy atom. The van der Waals surface area contributed by atoms with Gasteiger partial charge in [-0.25, -0.2) is 4.98 Å². The first-order valence-electron chi connectivity index (χ1n) is 4.93. The molecule has 4 heteroatoms. The molecule has 76 valence electrons. The van der Waals surface area contributed by atoms with E-state index in [1.54, 1.807) is 0 Å². The normalized spacial score (nSPS) is 18.3. The average molecular weight is 220 g/mol. The fraction of sp³-hybridized carbons (Fsp3) is 0.273. The molecular weight excluding hydrogens is 210 g/mol. The summed E-state index contributed by atoms with van der Waals surface area (Å²) in [6.07, 6.45) is 1.04. The van der Waals surface area contributed by atoms with Gasteiger partial charge in [0.05, 0.1) is 11.8 Å². The van der Waals surface area contributed by atoms with Crippen molar-refractivity contribution in [3.8, 4) is 0 Å². The van der Waals surface area contributed by atoms with E-state index >= 15 is 0 Å². The van der Waals surface area contributed by atoms with Crippen molar-refractivity contribution in [2.75, 3.05) is 0 Å². The summed E-state index contributed by atoms with van der Waals surface area (Å²) >= 11 is 5.67. The summed E-state index contributed by atoms with van der Waals surface area (Å²) in [6.45, 7) is 0. The highest BCUT2D eigenvalue weighted by Gasteiger charge is 2.29. The standard InChI is InChI=1S/C11H10ClN3/c12-6-10-13-11(15-14-10)9-5-7-3-1-2-4-8(7)9/h1-4,9H,5-6H2,(H,13,14,15). The number of alkyl halides is 1. The Morgan fingerprint density at radius 2 is 2.27 bits per heavy atom. The maximum Gasteiger partial charge on any atom is 0.158 e. The van der Waals surface area contributed by atoms with Gasteiger partial charge in [-0.2, -0.15) is 5.10 Å². The van der Waals surface area contributed by atoms with E-state index in [9.17, 15) is 0 Å². The number of H-pyrrole nitrogens is 1. The van der Waals surface area contributed by atoms with Crippen LogP contribution in [0.1, 0.15) is 28.7 Å². The van der Waals surface area contributed by atoms with Crippen LogP contribution in [0.15, 0.2) is 24.3 Å². The number of fused-ring (bicyclic) bond motifs is 1. The lowest BCUT2D eigenvalue weighted by molar-refractivity contribution is 0.663. The van der Waals surface area contributed by atoms with Gasteiger partial charge in [0.2, 0.25) is 0 Å². The zero-order valence-corrected chi connectivity index (χ0v) is 8.83. The minimum Gasteiger partial charge on any atom is -0.262 e. The number of hydrogen-bond donors (Lipinski definition) is 1. The van der Waals surface area contributed by atoms with Crippen molar-refractivity contribution in [2.24, 2.45) is 0 Å². The van der Waals surface area contributed by atoms with Crippen molar-refractivity contribution in [3.05, 3.63) is 47.0 Å². The molecule has 15 heavy (non-hydrogen) atoms. The van der Waals surface area contributed by atoms with Crippen LogP contribution < -0.4 is 0 Å². The summed E-state index contributed by atoms with van der Waals surface area (Å²) in [5, 5.41) is 7.03. The predicted octanol–water partition coefficient (Wildman–Crippen LogP) is 2.23. The molecule has 0 saturated carbocycles. The zero-order valence-electron chi connectivity index (χ0n) is 8.07. The van der Waals surface area contributed by atoms with Crippen molar-refractivity contribution in [2.45, 2.75) is 18.2 Å². The number of rotatable bonds is 2. The third-order valence-electron chi connectivity index (χ3n) is 2.84. The maximum atomic E-state index is 5.67. The molecule has 0 radical (unpaired) electrons. The molecule has 3 nitrogen and oxygen atoms in total. The molecule has 0 spiro atoms. The Hall–Kier alpha value is -1.35. The quantitative estimate of drug-likeness (QED) is 0.787. The molecule has 0 amide bonds. The largest absolute Gasteiger partial charge is 0.262 e. The van der Waals surface area contributed by atoms with E-state index < -0.39 is 0 Å². The summed E-state index contributed by atoms with van der Waals surface area (Å²) < 4.78 is 0. The molecule has 1 heterocycles. The van der Waals surface area contributed by atoms with Gasteiger partial charge in [-0.1, -0.05) is 24.3 Å². The third-order valence-corrected chi connectivity index (χ3v) is 3.09. The fourth-order valence-electron chi connectivity index (χ4n) is 2.01. The molecule has 1 N–H and O–H groups in total. The monoisotopic (exact) mass is 219 g/mol. The number of halogens is 1. The number of nitrogens with one attached hydrogen (secondary N) is 1. The number of aromatic amines is 1. The van der Waals surface area contributed by atoms with E-state index in [1.165, 1.54) is 11.1 Å². The molecule has 0 saturated heterocycles. The van der Waals surface area contributed by atoms with E-state index in [0.29, 0.717) is 11.8 Å². The second-order valence-electron chi connectivity index (χ2n) is 3.73. The second kappa shape index (κ2) is 3.35. The first kappa shape index (κ1) is 8.92. The first-order chi connectivity index (χ1) is 7.38. The summed E-state index contributed by atoms with van der Waals surface area (Å²) in [4.78, 5) is 4.35. The molecule has 2 aromatic rings. The van der Waals surface area contributed by atoms with E-state index in [4.69, 9.17) is 11.6 Å². The van der Waals surface area contributed by atoms with Crippen LogP contribution in [0.4, 0.5) is 0 Å². The molecule has 1 aliphatic carbocycles. The topological polar surface area (TPSA) is 41.6 Å². The van der Waals surface area contributed by atoms with Gasteiger partial charge in [0.15, 0.2) is 5.82 Å². The zero-order chi connectivity index (χ0) is 10.3. The summed E-state index contributed by atoms with van der Waals surface area (Å²) in [5.74, 6) is 2.36. The van der Waals surface area contributed by atoms with Gasteiger partial charge < -0.3 is 0 Å². The molecule has 1 aliphatic rings. The average Bonchev–Trinajstić information content (AvgIpc) is 2.68. The van der Waals surface area contributed by atoms with Crippen LogP contribution >= 0.6 is 11.6 Å². The van der Waals surface area contributed by atoms with Gasteiger partial charge in [0, 0.05) is 0 Å². The van der Waals surface area contributed by atoms with Crippen LogP contribution in [0.5, 0.6) is 0 Å². The van der Waals surface area contributed by atoms with E-state index in [2.05, 4.69) is 39.4 Å². The van der Waals surface area contributed by atoms with Gasteiger partial charge >= 0.3 is 0 Å². The Kier molecular flexibility index (Phi) is 1.99. The van der Waals surface area contributed by atoms with Gasteiger partial charge in [-0.05, 0) is 17.5 Å². The third kappa shape index (κ3) is 1.35. The van der Waals surface area contributed by atoms with E-state index in [-0.39, 0.29) is 0 Å². The van der Waals surface area contributed by atoms with Crippen molar-refractivity contribution < 1.29 is 0 Å². The molecule has 0 bridgehead atoms. The van der Waals surface area contributed by atoms with Gasteiger partial charge in [0.1, 0.15) is 5.82 Å². The SMILES string of the molecule is ClCc1nc(C2Cc3ccccc32)n[nH]1. The lowest BCUT2D eigenvalue weighted by atomic mass is 9.77. The van der Waals surface area contributed by atoms with Crippen molar-refractivity contribution in [1.82, 2.24) is 15.2 Å². The highest BCUT2D eigenvalue weighted by molar-refractivity contribution is 6.16. The molecule has 1 unspecified atom stereocenters. The lowest BCUT2D eigenvalue weighted by Gasteiger charge is -2.27. The fourth-order valence-corrected chi connectivity index (χ4v) is 2.13. The predicted molar refractivity (Wildman–Crippen MR) is 57.9 cm³/mol. The molecule has 1 aromatic carbocycles. The number of benzene rings is 1. The Labute approximate surface area is 92.5 Å². The second-order valence-corrected chi connectivity index (χ2v) is 4.00. The smallest absolute Gasteiger partial charge is 0.158 e. The molecule has 1 aromatic heterocycles. The van der Waals surface area contributed by atoms with Crippen molar-refractivity contribution >= 4 is 11.6 Å². The summed E-state index contributed by atoms with van der Waals surface area (Å²) in [6, 6.07) is 8.42. The van der Waals surface area contributed by atoms with Gasteiger partial charge in [0.25, 0.3) is 0 Å². The lowest BCUT2D eigenvalue weighted by Crippen LogP contribution is -2.19. The van der Waals surface area contributed by atoms with Crippen LogP contribution in [-0.4, -0.2) is 15.2 Å². The van der Waals surface area contributed by atoms with Crippen LogP contribution in [-0.2, 0) is 12.3 Å². The molecular formula is C11H10ClN3.